The van der Waals surface area contributed by atoms with Gasteiger partial charge in [0.2, 0.25) is 5.52 Å². The molecule has 0 unspecified atom stereocenters. The van der Waals surface area contributed by atoms with Gasteiger partial charge in [0, 0.05) is 18.1 Å². The first-order valence-corrected chi connectivity index (χ1v) is 9.77. The zero-order valence-electron chi connectivity index (χ0n) is 13.5. The van der Waals surface area contributed by atoms with Gasteiger partial charge < -0.3 is 0 Å². The van der Waals surface area contributed by atoms with Crippen molar-refractivity contribution in [1.82, 2.24) is 0 Å². The first kappa shape index (κ1) is 20.5. The van der Waals surface area contributed by atoms with E-state index in [1.54, 1.807) is 0 Å². The van der Waals surface area contributed by atoms with Crippen molar-refractivity contribution in [2.45, 2.75) is 6.42 Å². The van der Waals surface area contributed by atoms with Crippen molar-refractivity contribution in [3.8, 4) is 0 Å². The third-order valence-electron chi connectivity index (χ3n) is 3.39. The second-order valence-corrected chi connectivity index (χ2v) is 8.01. The average molecular weight is 414 g/mol. The monoisotopic (exact) mass is 413 g/mol. The molecule has 3 aromatic rings. The van der Waals surface area contributed by atoms with E-state index in [1.165, 1.54) is 5.56 Å². The standard InChI is InChI=1S/C17H15ClN.F6P/c1-19-12-14(11-13-7-3-2-4-8-13)17(18)15-9-5-6-10-16(15)19;1-7(2,3,4,5)6/h2-10,12H,11H2,1H3;/q+1;-1. The van der Waals surface area contributed by atoms with E-state index in [0.717, 1.165) is 27.9 Å². The van der Waals surface area contributed by atoms with E-state index in [-0.39, 0.29) is 0 Å². The average Bonchev–Trinajstić information content (AvgIpc) is 2.50. The molecule has 0 aliphatic carbocycles. The Balaban J connectivity index is 0.000000298. The number of rotatable bonds is 2. The fraction of sp³-hybridized carbons (Fsp3) is 0.118. The van der Waals surface area contributed by atoms with E-state index in [9.17, 15) is 25.2 Å². The molecule has 0 saturated heterocycles. The number of aromatic nitrogens is 1. The van der Waals surface area contributed by atoms with E-state index in [2.05, 4.69) is 54.2 Å². The molecule has 0 spiro atoms. The van der Waals surface area contributed by atoms with Crippen LogP contribution in [-0.2, 0) is 13.5 Å². The fourth-order valence-electron chi connectivity index (χ4n) is 2.44. The Morgan fingerprint density at radius 2 is 1.35 bits per heavy atom. The summed E-state index contributed by atoms with van der Waals surface area (Å²) in [5.41, 5.74) is 3.60. The zero-order chi connectivity index (χ0) is 19.7. The molecule has 26 heavy (non-hydrogen) atoms. The van der Waals surface area contributed by atoms with Crippen LogP contribution in [0.3, 0.4) is 0 Å². The fourth-order valence-corrected chi connectivity index (χ4v) is 2.71. The maximum absolute atomic E-state index is 10.7. The van der Waals surface area contributed by atoms with Gasteiger partial charge in [0.25, 0.3) is 0 Å². The van der Waals surface area contributed by atoms with E-state index in [4.69, 9.17) is 11.6 Å². The van der Waals surface area contributed by atoms with Crippen LogP contribution in [0.25, 0.3) is 10.9 Å². The molecule has 0 bridgehead atoms. The van der Waals surface area contributed by atoms with Crippen molar-refractivity contribution in [2.24, 2.45) is 7.05 Å². The van der Waals surface area contributed by atoms with Crippen LogP contribution < -0.4 is 4.57 Å². The summed E-state index contributed by atoms with van der Waals surface area (Å²) in [5, 5.41) is 1.97. The summed E-state index contributed by atoms with van der Waals surface area (Å²) >= 11 is 6.55. The Bertz CT molecular complexity index is 916. The van der Waals surface area contributed by atoms with Gasteiger partial charge in [0.1, 0.15) is 7.05 Å². The molecule has 0 aliphatic heterocycles. The summed E-state index contributed by atoms with van der Waals surface area (Å²) in [6, 6.07) is 18.6. The van der Waals surface area contributed by atoms with Crippen molar-refractivity contribution in [3.05, 3.63) is 76.9 Å². The van der Waals surface area contributed by atoms with Gasteiger partial charge in [0.15, 0.2) is 6.20 Å². The second kappa shape index (κ2) is 6.39. The molecule has 142 valence electrons. The number of benzene rings is 2. The molecule has 9 heteroatoms. The Morgan fingerprint density at radius 3 is 1.92 bits per heavy atom. The van der Waals surface area contributed by atoms with Crippen LogP contribution in [0.2, 0.25) is 5.02 Å². The summed E-state index contributed by atoms with van der Waals surface area (Å²) in [5.74, 6) is 0. The first-order chi connectivity index (χ1) is 11.7. The van der Waals surface area contributed by atoms with E-state index in [1.807, 2.05) is 18.2 Å². The van der Waals surface area contributed by atoms with Gasteiger partial charge in [-0.3, -0.25) is 0 Å². The van der Waals surface area contributed by atoms with Gasteiger partial charge in [-0.05, 0) is 11.6 Å². The number of hydrogen-bond acceptors (Lipinski definition) is 0. The molecule has 0 amide bonds. The Labute approximate surface area is 151 Å². The maximum atomic E-state index is 9.87. The number of halogens is 7. The van der Waals surface area contributed by atoms with Crippen LogP contribution in [0, 0.1) is 0 Å². The molecule has 0 aliphatic rings. The van der Waals surface area contributed by atoms with E-state index >= 15 is 0 Å². The molecule has 1 heterocycles. The Kier molecular flexibility index (Phi) is 5.03. The van der Waals surface area contributed by atoms with E-state index < -0.39 is 7.81 Å². The van der Waals surface area contributed by atoms with Gasteiger partial charge in [-0.2, -0.15) is 0 Å². The Hall–Kier alpha value is -1.85. The normalized spacial score (nSPS) is 14.2. The number of hydrogen-bond donors (Lipinski definition) is 0. The van der Waals surface area contributed by atoms with Crippen molar-refractivity contribution in [3.63, 3.8) is 0 Å². The Morgan fingerprint density at radius 1 is 0.846 bits per heavy atom. The predicted molar refractivity (Wildman–Crippen MR) is 93.0 cm³/mol. The first-order valence-electron chi connectivity index (χ1n) is 7.37. The van der Waals surface area contributed by atoms with Gasteiger partial charge in [-0.25, -0.2) is 4.57 Å². The minimum atomic E-state index is -10.7. The molecule has 0 atom stereocenters. The van der Waals surface area contributed by atoms with Crippen LogP contribution in [0.1, 0.15) is 11.1 Å². The molecule has 0 radical (unpaired) electrons. The third-order valence-corrected chi connectivity index (χ3v) is 3.84. The molecule has 0 N–H and O–H groups in total. The van der Waals surface area contributed by atoms with Gasteiger partial charge in [-0.1, -0.05) is 54.1 Å². The quantitative estimate of drug-likeness (QED) is 0.236. The summed E-state index contributed by atoms with van der Waals surface area (Å²) in [7, 11) is -8.59. The van der Waals surface area contributed by atoms with Gasteiger partial charge in [0.05, 0.1) is 10.4 Å². The van der Waals surface area contributed by atoms with E-state index in [0.29, 0.717) is 0 Å². The van der Waals surface area contributed by atoms with Crippen LogP contribution in [-0.4, -0.2) is 0 Å². The van der Waals surface area contributed by atoms with Crippen LogP contribution >= 0.6 is 19.4 Å². The van der Waals surface area contributed by atoms with Gasteiger partial charge in [-0.15, -0.1) is 0 Å². The van der Waals surface area contributed by atoms with Crippen LogP contribution in [0.5, 0.6) is 0 Å². The zero-order valence-corrected chi connectivity index (χ0v) is 15.2. The number of nitrogens with zero attached hydrogens (tertiary/aromatic N) is 1. The second-order valence-electron chi connectivity index (χ2n) is 5.72. The number of para-hydroxylation sites is 1. The summed E-state index contributed by atoms with van der Waals surface area (Å²) in [6.07, 6.45) is 2.98. The SMILES string of the molecule is C[n+]1cc(Cc2ccccc2)c(Cl)c2ccccc21.F[P-](F)(F)(F)(F)F. The van der Waals surface area contributed by atoms with Crippen molar-refractivity contribution >= 4 is 30.3 Å². The number of fused-ring (bicyclic) bond motifs is 1. The predicted octanol–water partition coefficient (Wildman–Crippen LogP) is 7.29. The molecule has 1 nitrogen and oxygen atoms in total. The number of aryl methyl sites for hydroxylation is 1. The summed E-state index contributed by atoms with van der Waals surface area (Å²) in [4.78, 5) is 0. The summed E-state index contributed by atoms with van der Waals surface area (Å²) in [6.45, 7) is 0. The molecule has 0 fully saturated rings. The third kappa shape index (κ3) is 7.18. The van der Waals surface area contributed by atoms with Crippen LogP contribution in [0.15, 0.2) is 60.8 Å². The molecule has 1 aromatic heterocycles. The van der Waals surface area contributed by atoms with Gasteiger partial charge >= 0.3 is 33.0 Å². The molecule has 2 aromatic carbocycles. The minimum absolute atomic E-state index is 0.859. The molecule has 0 saturated carbocycles. The number of pyridine rings is 1. The van der Waals surface area contributed by atoms with Crippen molar-refractivity contribution in [2.75, 3.05) is 0 Å². The molecule has 3 rings (SSSR count). The molecular formula is C17H15ClF6NP. The summed E-state index contributed by atoms with van der Waals surface area (Å²) < 4.78 is 61.3. The molecular weight excluding hydrogens is 399 g/mol. The van der Waals surface area contributed by atoms with Crippen molar-refractivity contribution in [1.29, 1.82) is 0 Å². The topological polar surface area (TPSA) is 3.88 Å². The van der Waals surface area contributed by atoms with Crippen LogP contribution in [0.4, 0.5) is 25.2 Å². The van der Waals surface area contributed by atoms with Crippen molar-refractivity contribution < 1.29 is 29.7 Å².